The molecule has 0 aliphatic heterocycles. The largest absolute Gasteiger partial charge is 0.573 e. The van der Waals surface area contributed by atoms with Crippen molar-refractivity contribution in [1.82, 2.24) is 14.5 Å². The maximum Gasteiger partial charge on any atom is 0.573 e. The number of aliphatic hydroxyl groups is 1. The first kappa shape index (κ1) is 32.7. The number of ether oxygens (including phenoxy) is 1. The molecule has 5 aromatic rings. The topological polar surface area (TPSA) is 107 Å². The second kappa shape index (κ2) is 11.6. The van der Waals surface area contributed by atoms with Gasteiger partial charge < -0.3 is 18.8 Å². The molecule has 0 unspecified atom stereocenters. The number of halogens is 7. The lowest BCUT2D eigenvalue weighted by Gasteiger charge is -2.15. The summed E-state index contributed by atoms with van der Waals surface area (Å²) < 4.78 is 130. The van der Waals surface area contributed by atoms with E-state index >= 15 is 4.39 Å². The summed E-state index contributed by atoms with van der Waals surface area (Å²) in [7, 11) is -4.01. The lowest BCUT2D eigenvalue weighted by atomic mass is 9.97. The maximum absolute atomic E-state index is 15.0. The summed E-state index contributed by atoms with van der Waals surface area (Å²) in [5.41, 5.74) is -0.833. The molecule has 0 saturated heterocycles. The molecular formula is C30H22F7N3O5S. The van der Waals surface area contributed by atoms with E-state index in [4.69, 9.17) is 4.42 Å². The van der Waals surface area contributed by atoms with E-state index < -0.39 is 56.7 Å². The van der Waals surface area contributed by atoms with Gasteiger partial charge in [0, 0.05) is 36.1 Å². The molecule has 0 spiro atoms. The van der Waals surface area contributed by atoms with Crippen LogP contribution in [-0.4, -0.2) is 40.7 Å². The maximum atomic E-state index is 15.0. The Bertz CT molecular complexity index is 2050. The first-order valence-corrected chi connectivity index (χ1v) is 15.0. The number of hydrogen-bond acceptors (Lipinski definition) is 7. The van der Waals surface area contributed by atoms with Crippen LogP contribution in [0.4, 0.5) is 30.7 Å². The van der Waals surface area contributed by atoms with Crippen molar-refractivity contribution in [2.24, 2.45) is 0 Å². The van der Waals surface area contributed by atoms with Gasteiger partial charge in [-0.15, -0.1) is 13.2 Å². The minimum Gasteiger partial charge on any atom is -0.440 e. The monoisotopic (exact) mass is 669 g/mol. The molecule has 0 aliphatic rings. The van der Waals surface area contributed by atoms with Crippen LogP contribution in [0.5, 0.6) is 5.75 Å². The van der Waals surface area contributed by atoms with Gasteiger partial charge in [-0.3, -0.25) is 0 Å². The first-order chi connectivity index (χ1) is 21.4. The highest BCUT2D eigenvalue weighted by molar-refractivity contribution is 7.90. The van der Waals surface area contributed by atoms with Crippen LogP contribution in [0.3, 0.4) is 0 Å². The molecule has 0 radical (unpaired) electrons. The molecule has 0 atom stereocenters. The van der Waals surface area contributed by atoms with E-state index in [2.05, 4.69) is 14.7 Å². The number of alkyl halides is 6. The van der Waals surface area contributed by atoms with Gasteiger partial charge in [0.15, 0.2) is 27.2 Å². The normalized spacial score (nSPS) is 12.5. The van der Waals surface area contributed by atoms with Crippen LogP contribution < -0.4 is 4.74 Å². The van der Waals surface area contributed by atoms with E-state index in [1.165, 1.54) is 44.2 Å². The van der Waals surface area contributed by atoms with E-state index in [0.29, 0.717) is 0 Å². The summed E-state index contributed by atoms with van der Waals surface area (Å²) in [6.07, 6.45) is -8.11. The third-order valence-electron chi connectivity index (χ3n) is 6.81. The Kier molecular flexibility index (Phi) is 8.23. The zero-order valence-corrected chi connectivity index (χ0v) is 24.8. The number of aryl methyl sites for hydroxylation is 2. The van der Waals surface area contributed by atoms with Crippen molar-refractivity contribution in [3.05, 3.63) is 89.6 Å². The zero-order chi connectivity index (χ0) is 33.8. The fourth-order valence-electron chi connectivity index (χ4n) is 4.84. The Labute approximate surface area is 256 Å². The lowest BCUT2D eigenvalue weighted by molar-refractivity contribution is -0.274. The second-order valence-corrected chi connectivity index (χ2v) is 12.1. The second-order valence-electron chi connectivity index (χ2n) is 10.1. The van der Waals surface area contributed by atoms with Crippen LogP contribution in [0.15, 0.2) is 70.1 Å². The first-order valence-electron chi connectivity index (χ1n) is 13.1. The Morgan fingerprint density at radius 2 is 1.57 bits per heavy atom. The van der Waals surface area contributed by atoms with Crippen LogP contribution in [-0.2, 0) is 22.6 Å². The van der Waals surface area contributed by atoms with Crippen molar-refractivity contribution in [2.45, 2.75) is 37.9 Å². The quantitative estimate of drug-likeness (QED) is 0.180. The molecule has 242 valence electrons. The van der Waals surface area contributed by atoms with Gasteiger partial charge in [-0.1, -0.05) is 6.07 Å². The number of nitrogens with zero attached hydrogens (tertiary/aromatic N) is 3. The van der Waals surface area contributed by atoms with Crippen LogP contribution >= 0.6 is 0 Å². The van der Waals surface area contributed by atoms with Gasteiger partial charge in [0.2, 0.25) is 0 Å². The zero-order valence-electron chi connectivity index (χ0n) is 24.0. The number of aliphatic hydroxyl groups excluding tert-OH is 1. The van der Waals surface area contributed by atoms with Gasteiger partial charge in [-0.2, -0.15) is 13.2 Å². The Balaban J connectivity index is 1.76. The van der Waals surface area contributed by atoms with Crippen molar-refractivity contribution in [3.63, 3.8) is 0 Å². The molecular weight excluding hydrogens is 647 g/mol. The standard InChI is InChI=1S/C30H22F7N3O5S/c1-15-38-26(29(32,33)34)13-40(15)24-9-6-18(19-11-23(31)22(14-41)25(12-19)46(3,42)43)10-21(24)27-28(44-16(2)39-27)17-4-7-20(8-5-17)45-30(35,36)37/h4-13,41H,14H2,1-3H3. The summed E-state index contributed by atoms with van der Waals surface area (Å²) in [6, 6.07) is 11.0. The smallest absolute Gasteiger partial charge is 0.440 e. The number of sulfone groups is 1. The van der Waals surface area contributed by atoms with Crippen LogP contribution in [0.2, 0.25) is 0 Å². The predicted molar refractivity (Wildman–Crippen MR) is 150 cm³/mol. The Hall–Kier alpha value is -4.70. The molecule has 5 rings (SSSR count). The molecule has 0 fully saturated rings. The van der Waals surface area contributed by atoms with E-state index in [1.807, 2.05) is 0 Å². The van der Waals surface area contributed by atoms with E-state index in [1.54, 1.807) is 0 Å². The fourth-order valence-corrected chi connectivity index (χ4v) is 5.79. The van der Waals surface area contributed by atoms with Gasteiger partial charge in [-0.25, -0.2) is 22.8 Å². The molecule has 0 bridgehead atoms. The minimum absolute atomic E-state index is 0.0295. The molecule has 0 saturated carbocycles. The number of aromatic nitrogens is 3. The summed E-state index contributed by atoms with van der Waals surface area (Å²) in [4.78, 5) is 7.56. The molecule has 0 aliphatic carbocycles. The molecule has 0 amide bonds. The van der Waals surface area contributed by atoms with Crippen LogP contribution in [0.25, 0.3) is 39.4 Å². The molecule has 16 heteroatoms. The average molecular weight is 670 g/mol. The van der Waals surface area contributed by atoms with Crippen molar-refractivity contribution in [3.8, 4) is 45.1 Å². The molecule has 46 heavy (non-hydrogen) atoms. The Morgan fingerprint density at radius 3 is 2.13 bits per heavy atom. The van der Waals surface area contributed by atoms with E-state index in [-0.39, 0.29) is 51.1 Å². The summed E-state index contributed by atoms with van der Waals surface area (Å²) >= 11 is 0. The van der Waals surface area contributed by atoms with Crippen molar-refractivity contribution in [1.29, 1.82) is 0 Å². The molecule has 2 aromatic heterocycles. The highest BCUT2D eigenvalue weighted by Crippen LogP contribution is 2.40. The predicted octanol–water partition coefficient (Wildman–Crippen LogP) is 7.43. The molecule has 3 aromatic carbocycles. The highest BCUT2D eigenvalue weighted by Gasteiger charge is 2.35. The number of hydrogen-bond donors (Lipinski definition) is 1. The lowest BCUT2D eigenvalue weighted by Crippen LogP contribution is -2.16. The molecule has 8 nitrogen and oxygen atoms in total. The van der Waals surface area contributed by atoms with Crippen LogP contribution in [0, 0.1) is 19.7 Å². The third kappa shape index (κ3) is 6.62. The van der Waals surface area contributed by atoms with Crippen molar-refractivity contribution < 1.29 is 53.4 Å². The number of rotatable bonds is 7. The highest BCUT2D eigenvalue weighted by atomic mass is 32.2. The fraction of sp³-hybridized carbons (Fsp3) is 0.200. The van der Waals surface area contributed by atoms with Gasteiger partial charge in [0.05, 0.1) is 17.2 Å². The SMILES string of the molecule is Cc1nc(-c2cc(-c3cc(F)c(CO)c(S(C)(=O)=O)c3)ccc2-n2cc(C(F)(F)F)nc2C)c(-c2ccc(OC(F)(F)F)cc2)o1. The number of oxazole rings is 1. The molecule has 1 N–H and O–H groups in total. The number of imidazole rings is 1. The van der Waals surface area contributed by atoms with Crippen molar-refractivity contribution in [2.75, 3.05) is 6.26 Å². The van der Waals surface area contributed by atoms with Crippen molar-refractivity contribution >= 4 is 9.84 Å². The molecule has 2 heterocycles. The number of benzene rings is 3. The minimum atomic E-state index is -4.94. The Morgan fingerprint density at radius 1 is 0.913 bits per heavy atom. The van der Waals surface area contributed by atoms with Gasteiger partial charge >= 0.3 is 12.5 Å². The van der Waals surface area contributed by atoms with Gasteiger partial charge in [0.1, 0.15) is 23.1 Å². The summed E-state index contributed by atoms with van der Waals surface area (Å²) in [6.45, 7) is 1.92. The van der Waals surface area contributed by atoms with E-state index in [9.17, 15) is 39.9 Å². The average Bonchev–Trinajstić information content (AvgIpc) is 3.54. The summed E-state index contributed by atoms with van der Waals surface area (Å²) in [5.74, 6) is -1.46. The van der Waals surface area contributed by atoms with Gasteiger partial charge in [0.25, 0.3) is 0 Å². The van der Waals surface area contributed by atoms with E-state index in [0.717, 1.165) is 41.3 Å². The van der Waals surface area contributed by atoms with Crippen LogP contribution in [0.1, 0.15) is 23.0 Å². The summed E-state index contributed by atoms with van der Waals surface area (Å²) in [5, 5.41) is 9.60. The third-order valence-corrected chi connectivity index (χ3v) is 7.98. The van der Waals surface area contributed by atoms with Gasteiger partial charge in [-0.05, 0) is 66.6 Å².